The van der Waals surface area contributed by atoms with E-state index in [1.54, 1.807) is 0 Å². The van der Waals surface area contributed by atoms with Crippen molar-refractivity contribution >= 4 is 28.1 Å². The summed E-state index contributed by atoms with van der Waals surface area (Å²) in [4.78, 5) is 13.1. The Balaban J connectivity index is 1.46. The quantitative estimate of drug-likeness (QED) is 0.268. The molecule has 2 heterocycles. The molecule has 36 heavy (non-hydrogen) atoms. The van der Waals surface area contributed by atoms with E-state index < -0.39 is 5.60 Å². The van der Waals surface area contributed by atoms with Gasteiger partial charge >= 0.3 is 5.97 Å². The minimum absolute atomic E-state index is 0.324. The molecule has 0 saturated carbocycles. The molecule has 5 aromatic carbocycles. The van der Waals surface area contributed by atoms with Gasteiger partial charge in [-0.2, -0.15) is 0 Å². The lowest BCUT2D eigenvalue weighted by atomic mass is 9.77. The maximum absolute atomic E-state index is 13.1. The summed E-state index contributed by atoms with van der Waals surface area (Å²) in [6, 6.07) is 32.2. The van der Waals surface area contributed by atoms with Crippen molar-refractivity contribution in [3.8, 4) is 11.5 Å². The molecular formula is C32H23NO3. The van der Waals surface area contributed by atoms with Crippen LogP contribution in [-0.2, 0) is 10.3 Å². The first kappa shape index (κ1) is 20.8. The second-order valence-corrected chi connectivity index (χ2v) is 9.54. The highest BCUT2D eigenvalue weighted by molar-refractivity contribution is 5.99. The molecule has 5 aromatic rings. The Hall–Kier alpha value is -4.57. The van der Waals surface area contributed by atoms with Crippen molar-refractivity contribution in [2.45, 2.75) is 19.4 Å². The second-order valence-electron chi connectivity index (χ2n) is 9.54. The first-order chi connectivity index (χ1) is 17.5. The van der Waals surface area contributed by atoms with Gasteiger partial charge in [0.05, 0.1) is 5.56 Å². The van der Waals surface area contributed by atoms with E-state index in [0.29, 0.717) is 17.1 Å². The van der Waals surface area contributed by atoms with Crippen molar-refractivity contribution in [1.82, 2.24) is 0 Å². The lowest BCUT2D eigenvalue weighted by Gasteiger charge is -2.37. The van der Waals surface area contributed by atoms with Gasteiger partial charge in [0.1, 0.15) is 11.5 Å². The van der Waals surface area contributed by atoms with Gasteiger partial charge in [0.25, 0.3) is 0 Å². The average Bonchev–Trinajstić information content (AvgIpc) is 3.18. The Kier molecular flexibility index (Phi) is 4.31. The minimum atomic E-state index is -1.07. The van der Waals surface area contributed by atoms with Gasteiger partial charge < -0.3 is 14.8 Å². The molecular weight excluding hydrogens is 446 g/mol. The monoisotopic (exact) mass is 469 g/mol. The van der Waals surface area contributed by atoms with Gasteiger partial charge in [0.15, 0.2) is 5.60 Å². The van der Waals surface area contributed by atoms with Crippen LogP contribution < -0.4 is 10.1 Å². The van der Waals surface area contributed by atoms with Crippen molar-refractivity contribution in [3.05, 3.63) is 130 Å². The fraction of sp³-hybridized carbons (Fsp3) is 0.0938. The fourth-order valence-corrected chi connectivity index (χ4v) is 5.59. The van der Waals surface area contributed by atoms with E-state index in [-0.39, 0.29) is 5.97 Å². The number of aryl methyl sites for hydroxylation is 2. The summed E-state index contributed by atoms with van der Waals surface area (Å²) in [5.74, 6) is 1.06. The van der Waals surface area contributed by atoms with Crippen LogP contribution in [0.25, 0.3) is 10.8 Å². The van der Waals surface area contributed by atoms with Gasteiger partial charge in [-0.3, -0.25) is 0 Å². The van der Waals surface area contributed by atoms with Crippen LogP contribution in [0.3, 0.4) is 0 Å². The zero-order valence-corrected chi connectivity index (χ0v) is 20.0. The first-order valence-corrected chi connectivity index (χ1v) is 12.1. The molecule has 0 bridgehead atoms. The van der Waals surface area contributed by atoms with Crippen molar-refractivity contribution in [2.24, 2.45) is 0 Å². The lowest BCUT2D eigenvalue weighted by Crippen LogP contribution is -2.33. The Bertz CT molecular complexity index is 1720. The Morgan fingerprint density at radius 3 is 2.44 bits per heavy atom. The van der Waals surface area contributed by atoms with Crippen molar-refractivity contribution in [1.29, 1.82) is 0 Å². The molecule has 4 heteroatoms. The molecule has 0 amide bonds. The number of anilines is 2. The number of esters is 1. The van der Waals surface area contributed by atoms with E-state index >= 15 is 0 Å². The lowest BCUT2D eigenvalue weighted by molar-refractivity contribution is 0.0225. The fourth-order valence-electron chi connectivity index (χ4n) is 5.59. The van der Waals surface area contributed by atoms with Crippen LogP contribution >= 0.6 is 0 Å². The first-order valence-electron chi connectivity index (χ1n) is 12.1. The molecule has 0 aromatic heterocycles. The Labute approximate surface area is 209 Å². The Morgan fingerprint density at radius 2 is 1.56 bits per heavy atom. The van der Waals surface area contributed by atoms with E-state index in [0.717, 1.165) is 38.8 Å². The van der Waals surface area contributed by atoms with Crippen LogP contribution in [0, 0.1) is 13.8 Å². The smallest absolute Gasteiger partial charge is 0.340 e. The summed E-state index contributed by atoms with van der Waals surface area (Å²) in [6.07, 6.45) is 0. The molecule has 7 rings (SSSR count). The number of rotatable bonds is 2. The SMILES string of the molecule is Cc1ccc(Nc2ccc3c(c2)Oc2c(ccc4ccccc24)C32OC(=O)c3ccccc32)c(C)c1. The van der Waals surface area contributed by atoms with Gasteiger partial charge in [0, 0.05) is 39.5 Å². The zero-order chi connectivity index (χ0) is 24.4. The molecule has 2 aliphatic rings. The standard InChI is InChI=1S/C32H23NO3/c1-19-11-16-28(20(2)17-19)33-22-13-15-26-29(18-22)35-30-23-8-4-3-7-21(23)12-14-27(30)32(26)25-10-6-5-9-24(25)31(34)36-32/h3-18,33H,1-2H3. The summed E-state index contributed by atoms with van der Waals surface area (Å²) < 4.78 is 12.9. The molecule has 0 saturated heterocycles. The third-order valence-corrected chi connectivity index (χ3v) is 7.26. The molecule has 2 aliphatic heterocycles. The highest BCUT2D eigenvalue weighted by Crippen LogP contribution is 2.57. The van der Waals surface area contributed by atoms with Gasteiger partial charge in [-0.15, -0.1) is 0 Å². The van der Waals surface area contributed by atoms with Crippen LogP contribution in [0.1, 0.15) is 38.2 Å². The van der Waals surface area contributed by atoms with Crippen LogP contribution in [0.2, 0.25) is 0 Å². The van der Waals surface area contributed by atoms with E-state index in [2.05, 4.69) is 49.5 Å². The predicted molar refractivity (Wildman–Crippen MR) is 141 cm³/mol. The number of carbonyl (C=O) groups is 1. The largest absolute Gasteiger partial charge is 0.456 e. The number of ether oxygens (including phenoxy) is 2. The van der Waals surface area contributed by atoms with Crippen LogP contribution in [0.5, 0.6) is 11.5 Å². The molecule has 1 unspecified atom stereocenters. The summed E-state index contributed by atoms with van der Waals surface area (Å²) in [5, 5.41) is 5.58. The van der Waals surface area contributed by atoms with E-state index in [9.17, 15) is 4.79 Å². The molecule has 0 aliphatic carbocycles. The van der Waals surface area contributed by atoms with E-state index in [4.69, 9.17) is 9.47 Å². The molecule has 1 N–H and O–H groups in total. The van der Waals surface area contributed by atoms with Crippen LogP contribution in [0.15, 0.2) is 97.1 Å². The van der Waals surface area contributed by atoms with Crippen LogP contribution in [-0.4, -0.2) is 5.97 Å². The van der Waals surface area contributed by atoms with E-state index in [1.807, 2.05) is 66.7 Å². The maximum atomic E-state index is 13.1. The summed E-state index contributed by atoms with van der Waals surface area (Å²) in [7, 11) is 0. The second kappa shape index (κ2) is 7.46. The number of hydrogen-bond donors (Lipinski definition) is 1. The average molecular weight is 470 g/mol. The van der Waals surface area contributed by atoms with Crippen molar-refractivity contribution < 1.29 is 14.3 Å². The van der Waals surface area contributed by atoms with E-state index in [1.165, 1.54) is 11.1 Å². The topological polar surface area (TPSA) is 47.6 Å². The molecule has 174 valence electrons. The number of carbonyl (C=O) groups excluding carboxylic acids is 1. The third kappa shape index (κ3) is 2.85. The molecule has 0 radical (unpaired) electrons. The maximum Gasteiger partial charge on any atom is 0.340 e. The molecule has 4 nitrogen and oxygen atoms in total. The highest BCUT2D eigenvalue weighted by Gasteiger charge is 2.53. The highest BCUT2D eigenvalue weighted by atomic mass is 16.6. The summed E-state index contributed by atoms with van der Waals surface area (Å²) in [6.45, 7) is 4.18. The van der Waals surface area contributed by atoms with Gasteiger partial charge in [0.2, 0.25) is 0 Å². The van der Waals surface area contributed by atoms with Crippen molar-refractivity contribution in [3.63, 3.8) is 0 Å². The van der Waals surface area contributed by atoms with Crippen LogP contribution in [0.4, 0.5) is 11.4 Å². The summed E-state index contributed by atoms with van der Waals surface area (Å²) >= 11 is 0. The molecule has 1 spiro atoms. The number of fused-ring (bicyclic) bond motifs is 8. The molecule has 0 fully saturated rings. The van der Waals surface area contributed by atoms with Gasteiger partial charge in [-0.1, -0.05) is 66.2 Å². The predicted octanol–water partition coefficient (Wildman–Crippen LogP) is 7.77. The summed E-state index contributed by atoms with van der Waals surface area (Å²) in [5.41, 5.74) is 6.33. The molecule has 1 atom stereocenters. The number of hydrogen-bond acceptors (Lipinski definition) is 4. The third-order valence-electron chi connectivity index (χ3n) is 7.26. The number of nitrogens with one attached hydrogen (secondary N) is 1. The van der Waals surface area contributed by atoms with Gasteiger partial charge in [-0.05, 0) is 55.1 Å². The van der Waals surface area contributed by atoms with Crippen molar-refractivity contribution in [2.75, 3.05) is 5.32 Å². The Morgan fingerprint density at radius 1 is 0.750 bits per heavy atom. The normalized spacial score (nSPS) is 17.2. The minimum Gasteiger partial charge on any atom is -0.456 e. The van der Waals surface area contributed by atoms with Gasteiger partial charge in [-0.25, -0.2) is 4.79 Å². The zero-order valence-electron chi connectivity index (χ0n) is 20.0. The number of benzene rings is 5.